The molecule has 0 aliphatic heterocycles. The third kappa shape index (κ3) is 3.42. The van der Waals surface area contributed by atoms with Crippen molar-refractivity contribution in [3.8, 4) is 22.3 Å². The molecule has 2 heterocycles. The molecule has 1 unspecified atom stereocenters. The predicted molar refractivity (Wildman–Crippen MR) is 150 cm³/mol. The lowest BCUT2D eigenvalue weighted by molar-refractivity contribution is 0.318. The zero-order chi connectivity index (χ0) is 25.0. The van der Waals surface area contributed by atoms with Gasteiger partial charge in [0.2, 0.25) is 0 Å². The van der Waals surface area contributed by atoms with E-state index in [1.54, 1.807) is 6.92 Å². The Bertz CT molecular complexity index is 1750. The topological polar surface area (TPSA) is 17.3 Å². The Morgan fingerprint density at radius 2 is 1.53 bits per heavy atom. The van der Waals surface area contributed by atoms with Crippen LogP contribution in [0.3, 0.4) is 0 Å². The lowest BCUT2D eigenvalue weighted by Gasteiger charge is -2.22. The Morgan fingerprint density at radius 1 is 0.778 bits per heavy atom. The van der Waals surface area contributed by atoms with E-state index in [1.807, 2.05) is 25.4 Å². The number of pyridine rings is 1. The molecule has 0 bridgehead atoms. The largest absolute Gasteiger partial charge is 0.299 e. The zero-order valence-corrected chi connectivity index (χ0v) is 21.1. The number of fused-ring (bicyclic) bond motifs is 6. The van der Waals surface area contributed by atoms with Gasteiger partial charge in [0, 0.05) is 40.0 Å². The minimum absolute atomic E-state index is 0.255. The van der Waals surface area contributed by atoms with E-state index in [-0.39, 0.29) is 5.92 Å². The zero-order valence-electron chi connectivity index (χ0n) is 21.1. The van der Waals surface area contributed by atoms with Crippen molar-refractivity contribution in [3.05, 3.63) is 108 Å². The van der Waals surface area contributed by atoms with Crippen molar-refractivity contribution < 1.29 is 4.39 Å². The molecule has 0 aliphatic carbocycles. The molecule has 0 saturated heterocycles. The van der Waals surface area contributed by atoms with Gasteiger partial charge in [0.1, 0.15) is 11.8 Å². The van der Waals surface area contributed by atoms with Gasteiger partial charge in [-0.25, -0.2) is 9.37 Å². The van der Waals surface area contributed by atoms with Crippen LogP contribution in [0.2, 0.25) is 0 Å². The van der Waals surface area contributed by atoms with Gasteiger partial charge in [-0.15, -0.1) is 0 Å². The number of hydrogen-bond donors (Lipinski definition) is 0. The first-order valence-corrected chi connectivity index (χ1v) is 12.6. The smallest absolute Gasteiger partial charge is 0.145 e. The summed E-state index contributed by atoms with van der Waals surface area (Å²) in [4.78, 5) is 4.85. The SMILES string of the molecule is Cc1cc(-c2ccccc2)c2c(c1)c1c(-c3ccccc3C)ccc(C(C)[C@@H](C)F)c1c1nccn12. The second-order valence-corrected chi connectivity index (χ2v) is 9.93. The van der Waals surface area contributed by atoms with Gasteiger partial charge >= 0.3 is 0 Å². The molecule has 4 aromatic carbocycles. The molecule has 2 aromatic heterocycles. The summed E-state index contributed by atoms with van der Waals surface area (Å²) < 4.78 is 17.0. The number of aryl methyl sites for hydroxylation is 2. The molecular formula is C33H29FN2. The molecule has 36 heavy (non-hydrogen) atoms. The molecule has 178 valence electrons. The highest BCUT2D eigenvalue weighted by Gasteiger charge is 2.24. The average Bonchev–Trinajstić information content (AvgIpc) is 3.38. The Morgan fingerprint density at radius 3 is 2.28 bits per heavy atom. The van der Waals surface area contributed by atoms with Crippen LogP contribution >= 0.6 is 0 Å². The average molecular weight is 473 g/mol. The summed E-state index contributed by atoms with van der Waals surface area (Å²) in [5.41, 5.74) is 10.1. The van der Waals surface area contributed by atoms with E-state index in [0.29, 0.717) is 0 Å². The Kier molecular flexibility index (Phi) is 5.37. The predicted octanol–water partition coefficient (Wildman–Crippen LogP) is 9.05. The van der Waals surface area contributed by atoms with E-state index in [1.165, 1.54) is 27.8 Å². The van der Waals surface area contributed by atoms with Gasteiger partial charge in [-0.05, 0) is 66.3 Å². The molecule has 0 fully saturated rings. The maximum absolute atomic E-state index is 14.8. The van der Waals surface area contributed by atoms with Crippen LogP contribution in [0.5, 0.6) is 0 Å². The van der Waals surface area contributed by atoms with E-state index in [4.69, 9.17) is 4.98 Å². The summed E-state index contributed by atoms with van der Waals surface area (Å²) in [6, 6.07) is 27.8. The molecule has 0 amide bonds. The van der Waals surface area contributed by atoms with Gasteiger partial charge in [0.15, 0.2) is 0 Å². The van der Waals surface area contributed by atoms with E-state index < -0.39 is 6.17 Å². The van der Waals surface area contributed by atoms with E-state index >= 15 is 0 Å². The van der Waals surface area contributed by atoms with Crippen LogP contribution in [-0.2, 0) is 0 Å². The third-order valence-electron chi connectivity index (χ3n) is 7.57. The molecule has 0 aliphatic rings. The first-order valence-electron chi connectivity index (χ1n) is 12.6. The normalized spacial score (nSPS) is 13.5. The van der Waals surface area contributed by atoms with Crippen molar-refractivity contribution in [2.24, 2.45) is 0 Å². The Hall–Kier alpha value is -3.98. The second kappa shape index (κ2) is 8.60. The summed E-state index contributed by atoms with van der Waals surface area (Å²) in [6.07, 6.45) is 2.92. The van der Waals surface area contributed by atoms with Crippen LogP contribution in [0.1, 0.15) is 36.5 Å². The standard InChI is InChI=1S/C33H29FN2/c1-20-18-28(24-11-6-5-7-12-24)32-29(19-20)30-27(25-13-9-8-10-21(25)2)15-14-26(22(3)23(4)34)31(30)33-35-16-17-36(32)33/h5-19,22-23H,1-4H3/t22?,23-/m1/s1. The number of imidazole rings is 1. The third-order valence-corrected chi connectivity index (χ3v) is 7.57. The number of nitrogens with zero attached hydrogens (tertiary/aromatic N) is 2. The molecule has 3 heteroatoms. The molecule has 6 rings (SSSR count). The monoisotopic (exact) mass is 472 g/mol. The van der Waals surface area contributed by atoms with Gasteiger partial charge in [-0.1, -0.05) is 73.7 Å². The number of alkyl halides is 1. The highest BCUT2D eigenvalue weighted by molar-refractivity contribution is 6.21. The molecule has 6 aromatic rings. The lowest BCUT2D eigenvalue weighted by atomic mass is 9.85. The Balaban J connectivity index is 1.90. The van der Waals surface area contributed by atoms with Crippen LogP contribution in [0.4, 0.5) is 4.39 Å². The van der Waals surface area contributed by atoms with E-state index in [2.05, 4.69) is 91.0 Å². The number of halogens is 1. The summed E-state index contributed by atoms with van der Waals surface area (Å²) >= 11 is 0. The summed E-state index contributed by atoms with van der Waals surface area (Å²) in [5.74, 6) is -0.255. The molecule has 0 radical (unpaired) electrons. The molecular weight excluding hydrogens is 443 g/mol. The number of rotatable bonds is 4. The molecule has 2 atom stereocenters. The molecule has 0 saturated carbocycles. The van der Waals surface area contributed by atoms with Crippen molar-refractivity contribution in [1.29, 1.82) is 0 Å². The van der Waals surface area contributed by atoms with Gasteiger partial charge in [0.05, 0.1) is 5.52 Å². The van der Waals surface area contributed by atoms with Gasteiger partial charge < -0.3 is 0 Å². The van der Waals surface area contributed by atoms with Gasteiger partial charge in [-0.2, -0.15) is 0 Å². The maximum Gasteiger partial charge on any atom is 0.145 e. The molecule has 0 spiro atoms. The number of aromatic nitrogens is 2. The second-order valence-electron chi connectivity index (χ2n) is 9.93. The summed E-state index contributed by atoms with van der Waals surface area (Å²) in [5, 5.41) is 3.34. The highest BCUT2D eigenvalue weighted by Crippen LogP contribution is 2.44. The van der Waals surface area contributed by atoms with Crippen molar-refractivity contribution in [1.82, 2.24) is 9.38 Å². The van der Waals surface area contributed by atoms with Crippen molar-refractivity contribution in [2.75, 3.05) is 0 Å². The van der Waals surface area contributed by atoms with Crippen LogP contribution in [-0.4, -0.2) is 15.6 Å². The van der Waals surface area contributed by atoms with Crippen molar-refractivity contribution in [2.45, 2.75) is 39.8 Å². The minimum Gasteiger partial charge on any atom is -0.299 e. The minimum atomic E-state index is -0.972. The summed E-state index contributed by atoms with van der Waals surface area (Å²) in [7, 11) is 0. The fourth-order valence-corrected chi connectivity index (χ4v) is 5.60. The maximum atomic E-state index is 14.8. The van der Waals surface area contributed by atoms with Crippen LogP contribution < -0.4 is 0 Å². The van der Waals surface area contributed by atoms with Crippen molar-refractivity contribution >= 4 is 27.3 Å². The highest BCUT2D eigenvalue weighted by atomic mass is 19.1. The lowest BCUT2D eigenvalue weighted by Crippen LogP contribution is -2.08. The quantitative estimate of drug-likeness (QED) is 0.234. The first kappa shape index (κ1) is 22.5. The first-order chi connectivity index (χ1) is 17.5. The molecule has 0 N–H and O–H groups in total. The van der Waals surface area contributed by atoms with Crippen LogP contribution in [0.25, 0.3) is 49.6 Å². The fraction of sp³-hybridized carbons (Fsp3) is 0.182. The van der Waals surface area contributed by atoms with Crippen molar-refractivity contribution in [3.63, 3.8) is 0 Å². The fourth-order valence-electron chi connectivity index (χ4n) is 5.60. The van der Waals surface area contributed by atoms with Gasteiger partial charge in [-0.3, -0.25) is 4.40 Å². The van der Waals surface area contributed by atoms with E-state index in [0.717, 1.165) is 38.4 Å². The molecule has 2 nitrogen and oxygen atoms in total. The van der Waals surface area contributed by atoms with Crippen LogP contribution in [0, 0.1) is 13.8 Å². The van der Waals surface area contributed by atoms with Crippen LogP contribution in [0.15, 0.2) is 91.3 Å². The van der Waals surface area contributed by atoms with Gasteiger partial charge in [0.25, 0.3) is 0 Å². The Labute approximate surface area is 211 Å². The van der Waals surface area contributed by atoms with E-state index in [9.17, 15) is 4.39 Å². The summed E-state index contributed by atoms with van der Waals surface area (Å²) in [6.45, 7) is 7.92. The number of hydrogen-bond acceptors (Lipinski definition) is 1. The number of benzene rings is 4.